The first-order valence-corrected chi connectivity index (χ1v) is 21.5. The number of likely N-dealkylation sites (N-methyl/N-ethyl adjacent to an activating group) is 1. The second kappa shape index (κ2) is 20.0. The highest BCUT2D eigenvalue weighted by Gasteiger charge is 2.35. The summed E-state index contributed by atoms with van der Waals surface area (Å²) in [7, 11) is 1.28. The molecule has 20 heteroatoms. The first kappa shape index (κ1) is 48.4. The van der Waals surface area contributed by atoms with Gasteiger partial charge < -0.3 is 68.0 Å². The number of ether oxygens (including phenoxy) is 2. The van der Waals surface area contributed by atoms with E-state index in [0.717, 1.165) is 28.9 Å². The van der Waals surface area contributed by atoms with Crippen molar-refractivity contribution in [1.29, 1.82) is 0 Å². The molecule has 4 aromatic rings. The molecule has 4 amide bonds. The van der Waals surface area contributed by atoms with Crippen LogP contribution < -0.4 is 42.6 Å². The van der Waals surface area contributed by atoms with E-state index in [1.165, 1.54) is 33.0 Å². The number of fused-ring (bicyclic) bond motifs is 6. The molecular formula is C46H57N9O11. The Bertz CT molecular complexity index is 2530. The first-order chi connectivity index (χ1) is 31.2. The van der Waals surface area contributed by atoms with Gasteiger partial charge in [-0.15, -0.1) is 0 Å². The number of carbonyl (C=O) groups is 5. The number of phenolic OH excluding ortho intramolecular Hbond substituents is 2. The van der Waals surface area contributed by atoms with Crippen LogP contribution in [0.15, 0.2) is 42.5 Å². The lowest BCUT2D eigenvalue weighted by atomic mass is 9.86. The Kier molecular flexibility index (Phi) is 14.7. The molecule has 1 aliphatic carbocycles. The van der Waals surface area contributed by atoms with Gasteiger partial charge in [0.15, 0.2) is 17.3 Å². The number of nitrogens with zero attached hydrogens (tertiary/aromatic N) is 3. The molecule has 13 N–H and O–H groups in total. The Balaban J connectivity index is 1.37. The maximum atomic E-state index is 14.4. The second-order valence-corrected chi connectivity index (χ2v) is 17.2. The zero-order valence-electron chi connectivity index (χ0n) is 37.4. The minimum Gasteiger partial charge on any atom is -0.507 e. The van der Waals surface area contributed by atoms with Crippen LogP contribution in [-0.2, 0) is 37.4 Å². The monoisotopic (exact) mass is 911 g/mol. The molecular weight excluding hydrogens is 855 g/mol. The van der Waals surface area contributed by atoms with Gasteiger partial charge in [-0.05, 0) is 104 Å². The number of nitrogens with one attached hydrogen (secondary N) is 3. The number of nitrogen functional groups attached to an aromatic ring is 1. The molecule has 0 fully saturated rings. The minimum atomic E-state index is -1.60. The van der Waals surface area contributed by atoms with Gasteiger partial charge in [-0.2, -0.15) is 0 Å². The second-order valence-electron chi connectivity index (χ2n) is 17.2. The van der Waals surface area contributed by atoms with Crippen LogP contribution in [0.5, 0.6) is 23.0 Å². The van der Waals surface area contributed by atoms with Crippen molar-refractivity contribution in [3.05, 3.63) is 76.0 Å². The fourth-order valence-electron chi connectivity index (χ4n) is 8.04. The number of rotatable bonds is 14. The standard InChI is InChI=1S/C46H57N9O11/c1-22-37(40(49)54-41(51-22)30-15-25-9-10-46(3,4)31(25)18-33(30)57)43(61)50-20-36(58)55(5)38-26-16-29(39(59)35(17-26)66-21-27(56)19-48)28-13-24(7-8-34(28)65-12-6-11-47)14-32(45(63)64)53-42(60)23(2)52-44(38)62/h7-8,13,15-18,23,27,32,38,56-57,59H,6,9-12,14,19-21,47-48H2,1-5H3,(H,50,61)(H,52,62)(H,53,60)(H,63,64)(H2,49,51,54)/t23-,27+,32-,38-/m0/s1. The van der Waals surface area contributed by atoms with E-state index in [-0.39, 0.29) is 88.4 Å². The highest BCUT2D eigenvalue weighted by molar-refractivity contribution is 6.02. The summed E-state index contributed by atoms with van der Waals surface area (Å²) in [4.78, 5) is 77.9. The van der Waals surface area contributed by atoms with E-state index >= 15 is 0 Å². The average molecular weight is 912 g/mol. The van der Waals surface area contributed by atoms with Crippen LogP contribution in [0.3, 0.4) is 0 Å². The molecule has 0 saturated carbocycles. The van der Waals surface area contributed by atoms with E-state index < -0.39 is 66.1 Å². The highest BCUT2D eigenvalue weighted by Crippen LogP contribution is 2.45. The molecule has 0 unspecified atom stereocenters. The summed E-state index contributed by atoms with van der Waals surface area (Å²) in [6, 6.07) is 6.58. The zero-order chi connectivity index (χ0) is 48.2. The molecule has 20 nitrogen and oxygen atoms in total. The number of carbonyl (C=O) groups excluding carboxylic acids is 4. The quantitative estimate of drug-likeness (QED) is 0.0798. The average Bonchev–Trinajstić information content (AvgIpc) is 3.56. The third kappa shape index (κ3) is 10.4. The highest BCUT2D eigenvalue weighted by atomic mass is 16.5. The van der Waals surface area contributed by atoms with Crippen molar-refractivity contribution in [2.45, 2.75) is 83.0 Å². The van der Waals surface area contributed by atoms with Crippen LogP contribution in [0.2, 0.25) is 0 Å². The van der Waals surface area contributed by atoms with Gasteiger partial charge in [0.1, 0.15) is 53.7 Å². The number of hydrogen-bond donors (Lipinski definition) is 10. The molecule has 352 valence electrons. The molecule has 6 rings (SSSR count). The number of carboxylic acid groups (broad SMARTS) is 1. The number of aliphatic hydroxyl groups excluding tert-OH is 1. The van der Waals surface area contributed by atoms with E-state index in [4.69, 9.17) is 26.7 Å². The van der Waals surface area contributed by atoms with Gasteiger partial charge in [0.2, 0.25) is 17.7 Å². The molecule has 4 atom stereocenters. The molecule has 66 heavy (non-hydrogen) atoms. The van der Waals surface area contributed by atoms with Crippen molar-refractivity contribution < 1.29 is 53.9 Å². The molecule has 1 aromatic heterocycles. The lowest BCUT2D eigenvalue weighted by Crippen LogP contribution is -2.53. The number of aliphatic hydroxyl groups is 1. The van der Waals surface area contributed by atoms with Crippen LogP contribution in [0, 0.1) is 6.92 Å². The fraction of sp³-hybridized carbons (Fsp3) is 0.413. The SMILES string of the molecule is Cc1nc(-c2cc3c(cc2O)C(C)(C)CC3)nc(N)c1C(=O)NCC(=O)N(C)[C@@H]1C(=O)N[C@@H](C)C(=O)N[C@H](C(=O)O)Cc2ccc(OCCCN)c(c2)-c2cc1cc(OC[C@H](O)CN)c2O. The van der Waals surface area contributed by atoms with E-state index in [1.807, 2.05) is 6.07 Å². The number of hydrogen-bond acceptors (Lipinski definition) is 15. The van der Waals surface area contributed by atoms with E-state index in [0.29, 0.717) is 24.1 Å². The molecule has 0 radical (unpaired) electrons. The molecule has 4 bridgehead atoms. The number of aromatic hydroxyl groups is 2. The normalized spacial score (nSPS) is 18.2. The summed E-state index contributed by atoms with van der Waals surface area (Å²) in [6.07, 6.45) is 0.805. The number of carboxylic acids is 1. The van der Waals surface area contributed by atoms with Crippen molar-refractivity contribution in [3.63, 3.8) is 0 Å². The summed E-state index contributed by atoms with van der Waals surface area (Å²) in [5, 5.41) is 50.7. The Labute approximate surface area is 380 Å². The third-order valence-electron chi connectivity index (χ3n) is 11.8. The van der Waals surface area contributed by atoms with Gasteiger partial charge in [-0.3, -0.25) is 19.2 Å². The molecule has 2 aliphatic rings. The number of anilines is 1. The summed E-state index contributed by atoms with van der Waals surface area (Å²) in [5.74, 6) is -5.31. The summed E-state index contributed by atoms with van der Waals surface area (Å²) in [5.41, 5.74) is 20.8. The predicted octanol–water partition coefficient (Wildman–Crippen LogP) is 1.32. The molecule has 0 spiro atoms. The van der Waals surface area contributed by atoms with Crippen molar-refractivity contribution in [2.75, 3.05) is 45.6 Å². The summed E-state index contributed by atoms with van der Waals surface area (Å²) in [6.45, 7) is 6.28. The van der Waals surface area contributed by atoms with E-state index in [1.54, 1.807) is 24.3 Å². The third-order valence-corrected chi connectivity index (χ3v) is 11.8. The Morgan fingerprint density at radius 2 is 1.73 bits per heavy atom. The first-order valence-electron chi connectivity index (χ1n) is 21.5. The zero-order valence-corrected chi connectivity index (χ0v) is 37.4. The number of phenols is 2. The van der Waals surface area contributed by atoms with Crippen molar-refractivity contribution in [1.82, 2.24) is 30.8 Å². The van der Waals surface area contributed by atoms with Gasteiger partial charge in [0.05, 0.1) is 24.4 Å². The van der Waals surface area contributed by atoms with Crippen LogP contribution in [0.25, 0.3) is 22.5 Å². The number of aromatic nitrogens is 2. The lowest BCUT2D eigenvalue weighted by molar-refractivity contribution is -0.142. The van der Waals surface area contributed by atoms with Gasteiger partial charge in [0.25, 0.3) is 5.91 Å². The van der Waals surface area contributed by atoms with Crippen LogP contribution in [0.1, 0.15) is 78.0 Å². The van der Waals surface area contributed by atoms with Crippen LogP contribution in [-0.4, -0.2) is 123 Å². The molecule has 0 saturated heterocycles. The number of amides is 4. The summed E-state index contributed by atoms with van der Waals surface area (Å²) >= 11 is 0. The fourth-order valence-corrected chi connectivity index (χ4v) is 8.04. The van der Waals surface area contributed by atoms with E-state index in [2.05, 4.69) is 39.8 Å². The van der Waals surface area contributed by atoms with Gasteiger partial charge >= 0.3 is 5.97 Å². The maximum absolute atomic E-state index is 14.4. The van der Waals surface area contributed by atoms with Crippen molar-refractivity contribution in [3.8, 4) is 45.5 Å². The molecule has 1 aliphatic heterocycles. The Morgan fingerprint density at radius 1 is 0.985 bits per heavy atom. The minimum absolute atomic E-state index is 0.0352. The number of nitrogens with two attached hydrogens (primary N) is 3. The van der Waals surface area contributed by atoms with Crippen molar-refractivity contribution >= 4 is 35.4 Å². The number of aryl methyl sites for hydroxylation is 2. The number of benzene rings is 3. The molecule has 3 aromatic carbocycles. The molecule has 2 heterocycles. The van der Waals surface area contributed by atoms with Gasteiger partial charge in [0, 0.05) is 31.1 Å². The van der Waals surface area contributed by atoms with Crippen LogP contribution >= 0.6 is 0 Å². The Morgan fingerprint density at radius 3 is 2.41 bits per heavy atom. The van der Waals surface area contributed by atoms with Crippen LogP contribution in [0.4, 0.5) is 5.82 Å². The topological polar surface area (TPSA) is 328 Å². The lowest BCUT2D eigenvalue weighted by Gasteiger charge is -2.30. The number of aliphatic carboxylic acids is 1. The van der Waals surface area contributed by atoms with E-state index in [9.17, 15) is 44.4 Å². The van der Waals surface area contributed by atoms with Crippen molar-refractivity contribution in [2.24, 2.45) is 11.5 Å². The van der Waals surface area contributed by atoms with Gasteiger partial charge in [-0.25, -0.2) is 14.8 Å². The van der Waals surface area contributed by atoms with Gasteiger partial charge in [-0.1, -0.05) is 19.9 Å². The largest absolute Gasteiger partial charge is 0.507 e. The maximum Gasteiger partial charge on any atom is 0.326 e. The Hall–Kier alpha value is -7.03. The predicted molar refractivity (Wildman–Crippen MR) is 242 cm³/mol. The summed E-state index contributed by atoms with van der Waals surface area (Å²) < 4.78 is 11.9. The smallest absolute Gasteiger partial charge is 0.326 e.